The summed E-state index contributed by atoms with van der Waals surface area (Å²) in [4.78, 5) is 16.5. The van der Waals surface area contributed by atoms with Crippen molar-refractivity contribution in [3.8, 4) is 11.5 Å². The molecule has 2 fully saturated rings. The second-order valence-electron chi connectivity index (χ2n) is 8.17. The maximum atomic E-state index is 12.6. The van der Waals surface area contributed by atoms with Gasteiger partial charge in [-0.15, -0.1) is 0 Å². The molecule has 4 rings (SSSR count). The number of imidazole rings is 1. The van der Waals surface area contributed by atoms with Gasteiger partial charge in [0.25, 0.3) is 0 Å². The Morgan fingerprint density at radius 1 is 1.14 bits per heavy atom. The van der Waals surface area contributed by atoms with E-state index in [1.54, 1.807) is 20.3 Å². The van der Waals surface area contributed by atoms with E-state index in [0.717, 1.165) is 18.4 Å². The van der Waals surface area contributed by atoms with Crippen LogP contribution in [0.3, 0.4) is 0 Å². The van der Waals surface area contributed by atoms with E-state index in [1.165, 1.54) is 30.4 Å². The number of methoxy groups -OCH3 is 3. The fraction of sp³-hybridized carbons (Fsp3) is 0.583. The van der Waals surface area contributed by atoms with E-state index in [2.05, 4.69) is 11.9 Å². The molecule has 0 aliphatic carbocycles. The Hall–Kier alpha value is -2.70. The van der Waals surface area contributed by atoms with E-state index in [4.69, 9.17) is 37.9 Å². The van der Waals surface area contributed by atoms with Gasteiger partial charge in [-0.3, -0.25) is 0 Å². The van der Waals surface area contributed by atoms with Crippen LogP contribution >= 0.6 is 0 Å². The third kappa shape index (κ3) is 5.60. The Kier molecular flexibility index (Phi) is 8.58. The van der Waals surface area contributed by atoms with Crippen LogP contribution in [0.25, 0.3) is 0 Å². The molecule has 0 saturated carbocycles. The lowest BCUT2D eigenvalue weighted by molar-refractivity contribution is -0.169. The Morgan fingerprint density at radius 3 is 2.66 bits per heavy atom. The summed E-state index contributed by atoms with van der Waals surface area (Å²) in [5.41, 5.74) is 0.776. The number of unbranched alkanes of at least 4 members (excludes halogenated alkanes) is 1. The molecular formula is C24H32N2O9. The predicted octanol–water partition coefficient (Wildman–Crippen LogP) is 2.92. The normalized spacial score (nSPS) is 28.2. The van der Waals surface area contributed by atoms with Crippen LogP contribution in [0.1, 0.15) is 31.6 Å². The van der Waals surface area contributed by atoms with E-state index in [-0.39, 0.29) is 6.61 Å². The predicted molar refractivity (Wildman–Crippen MR) is 121 cm³/mol. The molecule has 0 radical (unpaired) electrons. The molecule has 11 heteroatoms. The number of aromatic nitrogens is 2. The van der Waals surface area contributed by atoms with Crippen molar-refractivity contribution in [1.29, 1.82) is 0 Å². The molecule has 0 N–H and O–H groups in total. The zero-order valence-corrected chi connectivity index (χ0v) is 20.3. The van der Waals surface area contributed by atoms with Gasteiger partial charge >= 0.3 is 6.09 Å². The van der Waals surface area contributed by atoms with E-state index >= 15 is 0 Å². The molecule has 1 aromatic heterocycles. The number of carbonyl (C=O) groups excluding carboxylic acids is 1. The number of rotatable bonds is 10. The molecule has 2 saturated heterocycles. The Bertz CT molecular complexity index is 954. The lowest BCUT2D eigenvalue weighted by Gasteiger charge is -2.26. The monoisotopic (exact) mass is 492 g/mol. The smallest absolute Gasteiger partial charge is 0.419 e. The first kappa shape index (κ1) is 25.4. The van der Waals surface area contributed by atoms with Gasteiger partial charge < -0.3 is 37.9 Å². The molecule has 2 aliphatic rings. The molecule has 1 aromatic carbocycles. The van der Waals surface area contributed by atoms with Crippen molar-refractivity contribution >= 4 is 6.09 Å². The summed E-state index contributed by atoms with van der Waals surface area (Å²) in [5.74, 6) is 1.18. The van der Waals surface area contributed by atoms with Gasteiger partial charge in [-0.25, -0.2) is 14.3 Å². The zero-order valence-electron chi connectivity index (χ0n) is 20.3. The highest BCUT2D eigenvalue weighted by molar-refractivity contribution is 5.70. The van der Waals surface area contributed by atoms with Crippen molar-refractivity contribution in [2.45, 2.75) is 56.8 Å². The second kappa shape index (κ2) is 11.8. The topological polar surface area (TPSA) is 109 Å². The highest BCUT2D eigenvalue weighted by Gasteiger charge is 2.53. The van der Waals surface area contributed by atoms with Crippen molar-refractivity contribution in [2.75, 3.05) is 34.5 Å². The molecule has 0 spiro atoms. The zero-order chi connectivity index (χ0) is 24.8. The van der Waals surface area contributed by atoms with E-state index in [0.29, 0.717) is 18.1 Å². The fourth-order valence-corrected chi connectivity index (χ4v) is 4.13. The van der Waals surface area contributed by atoms with Crippen LogP contribution in [0, 0.1) is 0 Å². The highest BCUT2D eigenvalue weighted by atomic mass is 16.8. The first-order chi connectivity index (χ1) is 17.1. The van der Waals surface area contributed by atoms with Gasteiger partial charge in [-0.1, -0.05) is 19.4 Å². The molecular weight excluding hydrogens is 460 g/mol. The molecule has 2 unspecified atom stereocenters. The average molecular weight is 493 g/mol. The van der Waals surface area contributed by atoms with Crippen molar-refractivity contribution < 1.29 is 42.7 Å². The van der Waals surface area contributed by atoms with Crippen LogP contribution in [-0.4, -0.2) is 80.9 Å². The number of nitrogens with zero attached hydrogens (tertiary/aromatic N) is 2. The number of benzene rings is 1. The minimum Gasteiger partial charge on any atom is -0.493 e. The van der Waals surface area contributed by atoms with Crippen LogP contribution in [0.5, 0.6) is 11.5 Å². The highest BCUT2D eigenvalue weighted by Crippen LogP contribution is 2.38. The number of hydrogen-bond donors (Lipinski definition) is 0. The quantitative estimate of drug-likeness (QED) is 0.459. The first-order valence-electron chi connectivity index (χ1n) is 11.6. The molecule has 0 amide bonds. The first-order valence-corrected chi connectivity index (χ1v) is 11.6. The van der Waals surface area contributed by atoms with Crippen LogP contribution in [-0.2, 0) is 28.4 Å². The van der Waals surface area contributed by atoms with Gasteiger partial charge in [0.15, 0.2) is 30.2 Å². The molecule has 192 valence electrons. The maximum absolute atomic E-state index is 12.6. The minimum absolute atomic E-state index is 0.260. The third-order valence-electron chi connectivity index (χ3n) is 5.96. The molecule has 3 heterocycles. The lowest BCUT2D eigenvalue weighted by atomic mass is 10.1. The van der Waals surface area contributed by atoms with Crippen LogP contribution in [0.2, 0.25) is 0 Å². The van der Waals surface area contributed by atoms with Gasteiger partial charge in [-0.05, 0) is 18.6 Å². The second-order valence-corrected chi connectivity index (χ2v) is 8.17. The molecule has 0 bridgehead atoms. The summed E-state index contributed by atoms with van der Waals surface area (Å²) >= 11 is 0. The molecule has 35 heavy (non-hydrogen) atoms. The SMILES string of the molecule is CCCCO[C@@H]1[C@@H](OC(=O)n2ccnc2)[C@@H](OC)O[C@@H]1C1COC(c2ccc(OC)c(OC)c2)O1. The average Bonchev–Trinajstić information content (AvgIpc) is 3.64. The van der Waals surface area contributed by atoms with E-state index < -0.39 is 43.1 Å². The number of ether oxygens (including phenoxy) is 8. The van der Waals surface area contributed by atoms with Gasteiger partial charge in [0.1, 0.15) is 24.6 Å². The fourth-order valence-electron chi connectivity index (χ4n) is 4.13. The third-order valence-corrected chi connectivity index (χ3v) is 5.96. The standard InChI is InChI=1S/C24H32N2O9/c1-5-6-11-31-20-19(34-23(30-4)21(20)35-24(27)26-10-9-25-14-26)18-13-32-22(33-18)15-7-8-16(28-2)17(12-15)29-3/h7-10,12,14,18-23H,5-6,11,13H2,1-4H3/t18?,19-,20+,21-,22?,23+/m1/s1. The van der Waals surface area contributed by atoms with Gasteiger partial charge in [0, 0.05) is 31.7 Å². The van der Waals surface area contributed by atoms with Crippen molar-refractivity contribution in [3.63, 3.8) is 0 Å². The molecule has 6 atom stereocenters. The summed E-state index contributed by atoms with van der Waals surface area (Å²) < 4.78 is 47.6. The summed E-state index contributed by atoms with van der Waals surface area (Å²) in [6, 6.07) is 5.46. The van der Waals surface area contributed by atoms with Gasteiger partial charge in [-0.2, -0.15) is 0 Å². The van der Waals surface area contributed by atoms with E-state index in [9.17, 15) is 4.79 Å². The maximum Gasteiger partial charge on any atom is 0.419 e. The largest absolute Gasteiger partial charge is 0.493 e. The molecule has 2 aromatic rings. The molecule has 2 aliphatic heterocycles. The number of carbonyl (C=O) groups is 1. The minimum atomic E-state index is -0.831. The molecule has 11 nitrogen and oxygen atoms in total. The summed E-state index contributed by atoms with van der Waals surface area (Å²) in [5, 5.41) is 0. The lowest BCUT2D eigenvalue weighted by Crippen LogP contribution is -2.44. The van der Waals surface area contributed by atoms with Crippen LogP contribution in [0.4, 0.5) is 4.79 Å². The Labute approximate surface area is 204 Å². The van der Waals surface area contributed by atoms with Crippen LogP contribution in [0.15, 0.2) is 36.9 Å². The van der Waals surface area contributed by atoms with E-state index in [1.807, 2.05) is 12.1 Å². The number of hydrogen-bond acceptors (Lipinski definition) is 10. The summed E-state index contributed by atoms with van der Waals surface area (Å²) in [6.45, 7) is 2.81. The van der Waals surface area contributed by atoms with Crippen molar-refractivity contribution in [3.05, 3.63) is 42.5 Å². The van der Waals surface area contributed by atoms with Gasteiger partial charge in [0.05, 0.1) is 20.8 Å². The summed E-state index contributed by atoms with van der Waals surface area (Å²) in [6.07, 6.45) is 1.63. The summed E-state index contributed by atoms with van der Waals surface area (Å²) in [7, 11) is 4.64. The van der Waals surface area contributed by atoms with Crippen molar-refractivity contribution in [2.24, 2.45) is 0 Å². The Morgan fingerprint density at radius 2 is 1.97 bits per heavy atom. The van der Waals surface area contributed by atoms with Crippen LogP contribution < -0.4 is 9.47 Å². The van der Waals surface area contributed by atoms with Gasteiger partial charge in [0.2, 0.25) is 0 Å². The Balaban J connectivity index is 1.50. The van der Waals surface area contributed by atoms with Crippen molar-refractivity contribution in [1.82, 2.24) is 9.55 Å².